The molecule has 0 bridgehead atoms. The fraction of sp³-hybridized carbons (Fsp3) is 0.667. The van der Waals surface area contributed by atoms with E-state index in [1.165, 1.54) is 0 Å². The first-order valence-corrected chi connectivity index (χ1v) is 7.61. The summed E-state index contributed by atoms with van der Waals surface area (Å²) in [5.74, 6) is 0.0245. The van der Waals surface area contributed by atoms with Crippen LogP contribution in [0.2, 0.25) is 0 Å². The maximum absolute atomic E-state index is 12.4. The van der Waals surface area contributed by atoms with Crippen molar-refractivity contribution in [2.24, 2.45) is 0 Å². The molecule has 0 unspecified atom stereocenters. The van der Waals surface area contributed by atoms with Gasteiger partial charge >= 0.3 is 0 Å². The zero-order chi connectivity index (χ0) is 15.7. The molecular weight excluding hydrogens is 286 g/mol. The largest absolute Gasteiger partial charge is 0.347 e. The normalized spacial score (nSPS) is 20.5. The zero-order valence-corrected chi connectivity index (χ0v) is 13.0. The molecule has 120 valence electrons. The number of amides is 1. The van der Waals surface area contributed by atoms with Crippen LogP contribution in [0.4, 0.5) is 0 Å². The van der Waals surface area contributed by atoms with Crippen LogP contribution in [0, 0.1) is 13.8 Å². The van der Waals surface area contributed by atoms with Gasteiger partial charge in [-0.2, -0.15) is 0 Å². The average molecular weight is 307 g/mol. The summed E-state index contributed by atoms with van der Waals surface area (Å²) in [7, 11) is 0. The molecule has 3 heterocycles. The number of rotatable bonds is 2. The topological polar surface area (TPSA) is 84.5 Å². The number of hydrogen-bond acceptors (Lipinski definition) is 5. The maximum atomic E-state index is 12.4. The van der Waals surface area contributed by atoms with E-state index < -0.39 is 5.79 Å². The first-order chi connectivity index (χ1) is 10.5. The Bertz CT molecular complexity index is 624. The Balaban J connectivity index is 1.65. The van der Waals surface area contributed by atoms with Crippen LogP contribution in [0.25, 0.3) is 0 Å². The van der Waals surface area contributed by atoms with Crippen LogP contribution >= 0.6 is 0 Å². The molecular formula is C15H21N3O4. The van der Waals surface area contributed by atoms with Gasteiger partial charge in [-0.3, -0.25) is 9.59 Å². The molecule has 0 saturated carbocycles. The molecule has 0 aromatic carbocycles. The number of piperidine rings is 1. The third kappa shape index (κ3) is 2.91. The van der Waals surface area contributed by atoms with Gasteiger partial charge in [-0.1, -0.05) is 0 Å². The van der Waals surface area contributed by atoms with Gasteiger partial charge in [-0.25, -0.2) is 4.98 Å². The van der Waals surface area contributed by atoms with Crippen LogP contribution in [0.3, 0.4) is 0 Å². The Morgan fingerprint density at radius 1 is 1.27 bits per heavy atom. The molecule has 1 aromatic heterocycles. The summed E-state index contributed by atoms with van der Waals surface area (Å²) in [6.07, 6.45) is 1.45. The quantitative estimate of drug-likeness (QED) is 0.849. The number of carbonyl (C=O) groups is 1. The summed E-state index contributed by atoms with van der Waals surface area (Å²) in [4.78, 5) is 33.0. The lowest BCUT2D eigenvalue weighted by atomic mass is 10.0. The van der Waals surface area contributed by atoms with Gasteiger partial charge in [0.1, 0.15) is 5.82 Å². The SMILES string of the molecule is Cc1nc(C)c(CC(=O)N2CCC3(CC2)OCCO3)c(=O)[nH]1. The first kappa shape index (κ1) is 15.2. The molecule has 2 aliphatic heterocycles. The molecule has 1 amide bonds. The molecule has 7 nitrogen and oxygen atoms in total. The lowest BCUT2D eigenvalue weighted by Gasteiger charge is -2.37. The molecule has 0 aliphatic carbocycles. The fourth-order valence-electron chi connectivity index (χ4n) is 3.10. The van der Waals surface area contributed by atoms with Gasteiger partial charge in [0.2, 0.25) is 5.91 Å². The van der Waals surface area contributed by atoms with Crippen molar-refractivity contribution in [2.45, 2.75) is 38.9 Å². The number of H-pyrrole nitrogens is 1. The van der Waals surface area contributed by atoms with Crippen molar-refractivity contribution in [1.29, 1.82) is 0 Å². The number of nitrogens with zero attached hydrogens (tertiary/aromatic N) is 2. The molecule has 2 saturated heterocycles. The van der Waals surface area contributed by atoms with Crippen LogP contribution in [-0.4, -0.2) is 52.9 Å². The summed E-state index contributed by atoms with van der Waals surface area (Å²) >= 11 is 0. The fourth-order valence-corrected chi connectivity index (χ4v) is 3.10. The Labute approximate surface area is 128 Å². The van der Waals surface area contributed by atoms with Crippen LogP contribution < -0.4 is 5.56 Å². The lowest BCUT2D eigenvalue weighted by molar-refractivity contribution is -0.187. The molecule has 3 rings (SSSR count). The van der Waals surface area contributed by atoms with E-state index in [2.05, 4.69) is 9.97 Å². The van der Waals surface area contributed by atoms with Crippen molar-refractivity contribution in [2.75, 3.05) is 26.3 Å². The Morgan fingerprint density at radius 2 is 1.91 bits per heavy atom. The number of carbonyl (C=O) groups excluding carboxylic acids is 1. The van der Waals surface area contributed by atoms with Gasteiger partial charge < -0.3 is 19.4 Å². The summed E-state index contributed by atoms with van der Waals surface area (Å²) in [5, 5.41) is 0. The van der Waals surface area contributed by atoms with E-state index in [0.29, 0.717) is 56.2 Å². The van der Waals surface area contributed by atoms with E-state index in [9.17, 15) is 9.59 Å². The average Bonchev–Trinajstić information content (AvgIpc) is 2.91. The van der Waals surface area contributed by atoms with Gasteiger partial charge in [-0.05, 0) is 13.8 Å². The molecule has 2 fully saturated rings. The van der Waals surface area contributed by atoms with Crippen molar-refractivity contribution in [1.82, 2.24) is 14.9 Å². The summed E-state index contributed by atoms with van der Waals surface area (Å²) < 4.78 is 11.3. The number of hydrogen-bond donors (Lipinski definition) is 1. The highest BCUT2D eigenvalue weighted by atomic mass is 16.7. The van der Waals surface area contributed by atoms with Gasteiger partial charge in [0, 0.05) is 37.2 Å². The highest BCUT2D eigenvalue weighted by molar-refractivity contribution is 5.79. The standard InChI is InChI=1S/C15H21N3O4/c1-10-12(14(20)17-11(2)16-10)9-13(19)18-5-3-15(4-6-18)21-7-8-22-15/h3-9H2,1-2H3,(H,16,17,20). The van der Waals surface area contributed by atoms with Crippen LogP contribution in [-0.2, 0) is 20.7 Å². The van der Waals surface area contributed by atoms with Crippen molar-refractivity contribution < 1.29 is 14.3 Å². The Hall–Kier alpha value is -1.73. The molecule has 1 aromatic rings. The number of aromatic amines is 1. The Morgan fingerprint density at radius 3 is 2.50 bits per heavy atom. The second kappa shape index (κ2) is 5.81. The maximum Gasteiger partial charge on any atom is 0.254 e. The number of nitrogens with one attached hydrogen (secondary N) is 1. The second-order valence-corrected chi connectivity index (χ2v) is 5.88. The zero-order valence-electron chi connectivity index (χ0n) is 13.0. The minimum atomic E-state index is -0.490. The predicted octanol–water partition coefficient (Wildman–Crippen LogP) is 0.295. The van der Waals surface area contributed by atoms with Crippen molar-refractivity contribution in [3.8, 4) is 0 Å². The van der Waals surface area contributed by atoms with Gasteiger partial charge in [0.25, 0.3) is 5.56 Å². The number of likely N-dealkylation sites (tertiary alicyclic amines) is 1. The van der Waals surface area contributed by atoms with E-state index in [1.807, 2.05) is 0 Å². The number of ether oxygens (including phenoxy) is 2. The van der Waals surface area contributed by atoms with Crippen molar-refractivity contribution in [3.05, 3.63) is 27.4 Å². The monoisotopic (exact) mass is 307 g/mol. The second-order valence-electron chi connectivity index (χ2n) is 5.88. The molecule has 7 heteroatoms. The smallest absolute Gasteiger partial charge is 0.254 e. The van der Waals surface area contributed by atoms with Crippen LogP contribution in [0.1, 0.15) is 29.9 Å². The van der Waals surface area contributed by atoms with Crippen LogP contribution in [0.15, 0.2) is 4.79 Å². The molecule has 1 spiro atoms. The third-order valence-electron chi connectivity index (χ3n) is 4.36. The molecule has 22 heavy (non-hydrogen) atoms. The Kier molecular flexibility index (Phi) is 4.01. The third-order valence-corrected chi connectivity index (χ3v) is 4.36. The minimum absolute atomic E-state index is 0.0490. The number of aromatic nitrogens is 2. The molecule has 2 aliphatic rings. The summed E-state index contributed by atoms with van der Waals surface area (Å²) in [6, 6.07) is 0. The van der Waals surface area contributed by atoms with Gasteiger partial charge in [0.15, 0.2) is 5.79 Å². The van der Waals surface area contributed by atoms with Crippen molar-refractivity contribution >= 4 is 5.91 Å². The van der Waals surface area contributed by atoms with E-state index in [4.69, 9.17) is 9.47 Å². The highest BCUT2D eigenvalue weighted by Gasteiger charge is 2.40. The first-order valence-electron chi connectivity index (χ1n) is 7.61. The number of aryl methyl sites for hydroxylation is 2. The predicted molar refractivity (Wildman–Crippen MR) is 78.5 cm³/mol. The van der Waals surface area contributed by atoms with E-state index in [-0.39, 0.29) is 17.9 Å². The summed E-state index contributed by atoms with van der Waals surface area (Å²) in [5.41, 5.74) is 0.837. The van der Waals surface area contributed by atoms with Gasteiger partial charge in [-0.15, -0.1) is 0 Å². The minimum Gasteiger partial charge on any atom is -0.347 e. The molecule has 0 radical (unpaired) electrons. The molecule has 0 atom stereocenters. The van der Waals surface area contributed by atoms with Crippen LogP contribution in [0.5, 0.6) is 0 Å². The summed E-state index contributed by atoms with van der Waals surface area (Å²) in [6.45, 7) is 5.92. The van der Waals surface area contributed by atoms with E-state index >= 15 is 0 Å². The molecule has 1 N–H and O–H groups in total. The van der Waals surface area contributed by atoms with Gasteiger partial charge in [0.05, 0.1) is 19.6 Å². The lowest BCUT2D eigenvalue weighted by Crippen LogP contribution is -2.48. The van der Waals surface area contributed by atoms with E-state index in [1.54, 1.807) is 18.7 Å². The van der Waals surface area contributed by atoms with E-state index in [0.717, 1.165) is 0 Å². The van der Waals surface area contributed by atoms with Crippen molar-refractivity contribution in [3.63, 3.8) is 0 Å². The highest BCUT2D eigenvalue weighted by Crippen LogP contribution is 2.31.